The molecule has 0 heterocycles. The predicted molar refractivity (Wildman–Crippen MR) is 59.8 cm³/mol. The van der Waals surface area contributed by atoms with E-state index in [0.717, 1.165) is 6.42 Å². The van der Waals surface area contributed by atoms with Crippen molar-refractivity contribution in [2.45, 2.75) is 43.7 Å². The van der Waals surface area contributed by atoms with E-state index in [0.29, 0.717) is 19.3 Å². The van der Waals surface area contributed by atoms with E-state index >= 15 is 0 Å². The Kier molecular flexibility index (Phi) is 4.06. The van der Waals surface area contributed by atoms with Gasteiger partial charge in [0.2, 0.25) is 5.91 Å². The van der Waals surface area contributed by atoms with Crippen molar-refractivity contribution in [3.05, 3.63) is 12.7 Å². The highest BCUT2D eigenvalue weighted by molar-refractivity contribution is 5.83. The lowest BCUT2D eigenvalue weighted by Crippen LogP contribution is -2.58. The fraction of sp³-hybridized carbons (Fsp3) is 0.636. The SMILES string of the molecule is C=CCC(N)C(=O)NC1(CC(=O)O)CCC1. The van der Waals surface area contributed by atoms with E-state index in [4.69, 9.17) is 10.8 Å². The molecule has 5 heteroatoms. The Hall–Kier alpha value is -1.36. The summed E-state index contributed by atoms with van der Waals surface area (Å²) >= 11 is 0. The molecule has 0 spiro atoms. The standard InChI is InChI=1S/C11H18N2O3/c1-2-4-8(12)10(16)13-11(5-3-6-11)7-9(14)15/h2,8H,1,3-7,12H2,(H,13,16)(H,14,15). The predicted octanol–water partition coefficient (Wildman–Crippen LogP) is 0.403. The maximum atomic E-state index is 11.6. The number of rotatable bonds is 6. The Morgan fingerprint density at radius 1 is 1.56 bits per heavy atom. The Bertz CT molecular complexity index is 298. The van der Waals surface area contributed by atoms with E-state index in [1.54, 1.807) is 6.08 Å². The second kappa shape index (κ2) is 5.12. The van der Waals surface area contributed by atoms with Gasteiger partial charge in [-0.3, -0.25) is 9.59 Å². The molecule has 1 rings (SSSR count). The van der Waals surface area contributed by atoms with Crippen LogP contribution in [0.25, 0.3) is 0 Å². The molecule has 1 atom stereocenters. The van der Waals surface area contributed by atoms with Crippen molar-refractivity contribution in [1.82, 2.24) is 5.32 Å². The molecule has 0 saturated heterocycles. The number of carbonyl (C=O) groups is 2. The van der Waals surface area contributed by atoms with Gasteiger partial charge in [-0.2, -0.15) is 0 Å². The summed E-state index contributed by atoms with van der Waals surface area (Å²) in [6.45, 7) is 3.51. The lowest BCUT2D eigenvalue weighted by molar-refractivity contribution is -0.140. The monoisotopic (exact) mass is 226 g/mol. The van der Waals surface area contributed by atoms with E-state index < -0.39 is 17.6 Å². The van der Waals surface area contributed by atoms with Crippen LogP contribution >= 0.6 is 0 Å². The molecule has 0 radical (unpaired) electrons. The van der Waals surface area contributed by atoms with Crippen LogP contribution in [-0.4, -0.2) is 28.6 Å². The minimum absolute atomic E-state index is 0.0282. The lowest BCUT2D eigenvalue weighted by atomic mass is 9.74. The quantitative estimate of drug-likeness (QED) is 0.572. The smallest absolute Gasteiger partial charge is 0.305 e. The van der Waals surface area contributed by atoms with Gasteiger partial charge in [-0.1, -0.05) is 6.08 Å². The first-order valence-corrected chi connectivity index (χ1v) is 5.39. The summed E-state index contributed by atoms with van der Waals surface area (Å²) in [4.78, 5) is 22.3. The minimum Gasteiger partial charge on any atom is -0.481 e. The number of amides is 1. The molecular weight excluding hydrogens is 208 g/mol. The number of carboxylic acid groups (broad SMARTS) is 1. The second-order valence-corrected chi connectivity index (χ2v) is 4.32. The van der Waals surface area contributed by atoms with Gasteiger partial charge >= 0.3 is 5.97 Å². The number of nitrogens with one attached hydrogen (secondary N) is 1. The van der Waals surface area contributed by atoms with E-state index in [-0.39, 0.29) is 12.3 Å². The summed E-state index contributed by atoms with van der Waals surface area (Å²) in [6, 6.07) is -0.635. The van der Waals surface area contributed by atoms with Crippen molar-refractivity contribution in [1.29, 1.82) is 0 Å². The number of carbonyl (C=O) groups excluding carboxylic acids is 1. The van der Waals surface area contributed by atoms with Crippen molar-refractivity contribution in [3.63, 3.8) is 0 Å². The molecule has 0 aromatic rings. The van der Waals surface area contributed by atoms with Gasteiger partial charge in [0.05, 0.1) is 18.0 Å². The molecule has 0 bridgehead atoms. The van der Waals surface area contributed by atoms with Crippen LogP contribution in [0.1, 0.15) is 32.1 Å². The van der Waals surface area contributed by atoms with E-state index in [2.05, 4.69) is 11.9 Å². The number of nitrogens with two attached hydrogens (primary N) is 1. The summed E-state index contributed by atoms with van der Waals surface area (Å²) in [5, 5.41) is 11.5. The summed E-state index contributed by atoms with van der Waals surface area (Å²) in [7, 11) is 0. The van der Waals surface area contributed by atoms with Crippen molar-refractivity contribution < 1.29 is 14.7 Å². The largest absolute Gasteiger partial charge is 0.481 e. The molecular formula is C11H18N2O3. The van der Waals surface area contributed by atoms with Gasteiger partial charge in [-0.05, 0) is 25.7 Å². The summed E-state index contributed by atoms with van der Waals surface area (Å²) in [5.74, 6) is -1.18. The van der Waals surface area contributed by atoms with Gasteiger partial charge < -0.3 is 16.2 Å². The van der Waals surface area contributed by atoms with Gasteiger partial charge in [0.25, 0.3) is 0 Å². The Morgan fingerprint density at radius 3 is 2.56 bits per heavy atom. The molecule has 4 N–H and O–H groups in total. The van der Waals surface area contributed by atoms with Gasteiger partial charge in [0.15, 0.2) is 0 Å². The number of hydrogen-bond acceptors (Lipinski definition) is 3. The average Bonchev–Trinajstić information content (AvgIpc) is 2.13. The second-order valence-electron chi connectivity index (χ2n) is 4.32. The maximum absolute atomic E-state index is 11.6. The van der Waals surface area contributed by atoms with Gasteiger partial charge in [-0.15, -0.1) is 6.58 Å². The Labute approximate surface area is 94.7 Å². The molecule has 90 valence electrons. The normalized spacial score (nSPS) is 19.3. The van der Waals surface area contributed by atoms with Crippen LogP contribution in [-0.2, 0) is 9.59 Å². The van der Waals surface area contributed by atoms with Crippen molar-refractivity contribution in [3.8, 4) is 0 Å². The average molecular weight is 226 g/mol. The molecule has 1 unspecified atom stereocenters. The molecule has 1 fully saturated rings. The molecule has 0 aromatic heterocycles. The zero-order chi connectivity index (χ0) is 12.2. The van der Waals surface area contributed by atoms with Crippen LogP contribution in [0.5, 0.6) is 0 Å². The first-order valence-electron chi connectivity index (χ1n) is 5.39. The molecule has 5 nitrogen and oxygen atoms in total. The zero-order valence-electron chi connectivity index (χ0n) is 9.24. The molecule has 1 aliphatic carbocycles. The Balaban J connectivity index is 2.52. The molecule has 1 saturated carbocycles. The highest BCUT2D eigenvalue weighted by atomic mass is 16.4. The maximum Gasteiger partial charge on any atom is 0.305 e. The third-order valence-corrected chi connectivity index (χ3v) is 2.95. The van der Waals surface area contributed by atoms with Gasteiger partial charge in [0.1, 0.15) is 0 Å². The fourth-order valence-electron chi connectivity index (χ4n) is 1.88. The van der Waals surface area contributed by atoms with Gasteiger partial charge in [0, 0.05) is 0 Å². The van der Waals surface area contributed by atoms with Crippen LogP contribution in [0, 0.1) is 0 Å². The molecule has 1 amide bonds. The molecule has 0 aliphatic heterocycles. The van der Waals surface area contributed by atoms with E-state index in [1.165, 1.54) is 0 Å². The minimum atomic E-state index is -0.891. The van der Waals surface area contributed by atoms with Crippen LogP contribution in [0.2, 0.25) is 0 Å². The van der Waals surface area contributed by atoms with Crippen LogP contribution < -0.4 is 11.1 Å². The molecule has 16 heavy (non-hydrogen) atoms. The highest BCUT2D eigenvalue weighted by Gasteiger charge is 2.40. The first kappa shape index (κ1) is 12.7. The van der Waals surface area contributed by atoms with Crippen LogP contribution in [0.15, 0.2) is 12.7 Å². The highest BCUT2D eigenvalue weighted by Crippen LogP contribution is 2.34. The van der Waals surface area contributed by atoms with Gasteiger partial charge in [-0.25, -0.2) is 0 Å². The zero-order valence-corrected chi connectivity index (χ0v) is 9.24. The van der Waals surface area contributed by atoms with Crippen LogP contribution in [0.4, 0.5) is 0 Å². The van der Waals surface area contributed by atoms with Crippen molar-refractivity contribution >= 4 is 11.9 Å². The fourth-order valence-corrected chi connectivity index (χ4v) is 1.88. The Morgan fingerprint density at radius 2 is 2.19 bits per heavy atom. The van der Waals surface area contributed by atoms with E-state index in [9.17, 15) is 9.59 Å². The summed E-state index contributed by atoms with van der Waals surface area (Å²) in [5.41, 5.74) is 5.05. The summed E-state index contributed by atoms with van der Waals surface area (Å²) in [6.07, 6.45) is 4.32. The third kappa shape index (κ3) is 3.06. The van der Waals surface area contributed by atoms with Crippen molar-refractivity contribution in [2.24, 2.45) is 5.73 Å². The van der Waals surface area contributed by atoms with E-state index in [1.807, 2.05) is 0 Å². The topological polar surface area (TPSA) is 92.4 Å². The number of hydrogen-bond donors (Lipinski definition) is 3. The summed E-state index contributed by atoms with van der Waals surface area (Å²) < 4.78 is 0. The lowest BCUT2D eigenvalue weighted by Gasteiger charge is -2.42. The number of carboxylic acids is 1. The third-order valence-electron chi connectivity index (χ3n) is 2.95. The van der Waals surface area contributed by atoms with Crippen molar-refractivity contribution in [2.75, 3.05) is 0 Å². The molecule has 0 aromatic carbocycles. The number of aliphatic carboxylic acids is 1. The molecule has 1 aliphatic rings. The first-order chi connectivity index (χ1) is 7.49. The van der Waals surface area contributed by atoms with Crippen LogP contribution in [0.3, 0.4) is 0 Å².